The van der Waals surface area contributed by atoms with Gasteiger partial charge in [0.05, 0.1) is 10.6 Å². The molecule has 0 atom stereocenters. The average Bonchev–Trinajstić information content (AvgIpc) is 2.66. The predicted molar refractivity (Wildman–Crippen MR) is 58.4 cm³/mol. The van der Waals surface area contributed by atoms with Gasteiger partial charge in [0.25, 0.3) is 5.89 Å². The summed E-state index contributed by atoms with van der Waals surface area (Å²) in [4.78, 5) is 3.96. The highest BCUT2D eigenvalue weighted by Gasteiger charge is 2.11. The maximum Gasteiger partial charge on any atom is 0.259 e. The van der Waals surface area contributed by atoms with E-state index in [0.717, 1.165) is 4.47 Å². The number of hydrogen-bond donors (Lipinski definition) is 1. The summed E-state index contributed by atoms with van der Waals surface area (Å²) in [5.74, 6) is 0.542. The summed E-state index contributed by atoms with van der Waals surface area (Å²) in [5.41, 5.74) is 0.645. The van der Waals surface area contributed by atoms with Gasteiger partial charge in [-0.25, -0.2) is 0 Å². The minimum Gasteiger partial charge on any atom is -0.388 e. The van der Waals surface area contributed by atoms with Gasteiger partial charge in [0.15, 0.2) is 5.82 Å². The Bertz CT molecular complexity index is 487. The molecule has 0 bridgehead atoms. The van der Waals surface area contributed by atoms with Crippen LogP contribution in [0, 0.1) is 0 Å². The third kappa shape index (κ3) is 2.19. The summed E-state index contributed by atoms with van der Waals surface area (Å²) in [6.45, 7) is -0.252. The largest absolute Gasteiger partial charge is 0.388 e. The van der Waals surface area contributed by atoms with Gasteiger partial charge in [-0.05, 0) is 18.2 Å². The fourth-order valence-corrected chi connectivity index (χ4v) is 1.84. The van der Waals surface area contributed by atoms with Gasteiger partial charge < -0.3 is 9.63 Å². The number of aliphatic hydroxyl groups is 1. The van der Waals surface area contributed by atoms with Crippen LogP contribution in [-0.2, 0) is 6.61 Å². The van der Waals surface area contributed by atoms with Crippen LogP contribution in [-0.4, -0.2) is 15.2 Å². The minimum absolute atomic E-state index is 0.240. The summed E-state index contributed by atoms with van der Waals surface area (Å²) in [5, 5.41) is 12.9. The molecular weight excluding hydrogens is 283 g/mol. The van der Waals surface area contributed by atoms with Crippen molar-refractivity contribution in [3.63, 3.8) is 0 Å². The molecule has 0 saturated heterocycles. The second-order valence-electron chi connectivity index (χ2n) is 2.80. The second-order valence-corrected chi connectivity index (χ2v) is 4.12. The van der Waals surface area contributed by atoms with Crippen LogP contribution in [0.1, 0.15) is 5.82 Å². The molecule has 15 heavy (non-hydrogen) atoms. The lowest BCUT2D eigenvalue weighted by molar-refractivity contribution is 0.264. The number of nitrogens with zero attached hydrogens (tertiary/aromatic N) is 2. The summed E-state index contributed by atoms with van der Waals surface area (Å²) in [6, 6.07) is 5.32. The molecule has 4 nitrogen and oxygen atoms in total. The van der Waals surface area contributed by atoms with Crippen LogP contribution in [0.5, 0.6) is 0 Å². The van der Waals surface area contributed by atoms with Crippen LogP contribution >= 0.6 is 27.5 Å². The van der Waals surface area contributed by atoms with E-state index in [4.69, 9.17) is 21.2 Å². The molecule has 1 heterocycles. The molecule has 0 amide bonds. The average molecular weight is 290 g/mol. The van der Waals surface area contributed by atoms with Crippen molar-refractivity contribution < 1.29 is 9.63 Å². The smallest absolute Gasteiger partial charge is 0.259 e. The molecule has 0 aliphatic carbocycles. The van der Waals surface area contributed by atoms with E-state index in [9.17, 15) is 0 Å². The Morgan fingerprint density at radius 3 is 2.87 bits per heavy atom. The SMILES string of the molecule is OCc1noc(-c2ccc(Br)cc2Cl)n1. The van der Waals surface area contributed by atoms with Crippen molar-refractivity contribution in [2.24, 2.45) is 0 Å². The zero-order chi connectivity index (χ0) is 10.8. The first-order valence-corrected chi connectivity index (χ1v) is 5.26. The van der Waals surface area contributed by atoms with Gasteiger partial charge in [0.1, 0.15) is 6.61 Å². The van der Waals surface area contributed by atoms with Crippen LogP contribution in [0.15, 0.2) is 27.2 Å². The van der Waals surface area contributed by atoms with Crippen molar-refractivity contribution in [3.8, 4) is 11.5 Å². The lowest BCUT2D eigenvalue weighted by Crippen LogP contribution is -1.85. The maximum atomic E-state index is 8.79. The molecular formula is C9H6BrClN2O2. The first kappa shape index (κ1) is 10.6. The van der Waals surface area contributed by atoms with E-state index < -0.39 is 0 Å². The van der Waals surface area contributed by atoms with Crippen molar-refractivity contribution in [1.29, 1.82) is 0 Å². The fraction of sp³-hybridized carbons (Fsp3) is 0.111. The van der Waals surface area contributed by atoms with Gasteiger partial charge in [0, 0.05) is 4.47 Å². The topological polar surface area (TPSA) is 59.2 Å². The third-order valence-electron chi connectivity index (χ3n) is 1.77. The van der Waals surface area contributed by atoms with Crippen LogP contribution in [0.4, 0.5) is 0 Å². The Hall–Kier alpha value is -0.910. The van der Waals surface area contributed by atoms with E-state index >= 15 is 0 Å². The minimum atomic E-state index is -0.252. The Labute approximate surface area is 99.0 Å². The molecule has 0 spiro atoms. The predicted octanol–water partition coefficient (Wildman–Crippen LogP) is 2.64. The van der Waals surface area contributed by atoms with Crippen molar-refractivity contribution in [1.82, 2.24) is 10.1 Å². The Kier molecular flexibility index (Phi) is 3.04. The van der Waals surface area contributed by atoms with Crippen molar-refractivity contribution >= 4 is 27.5 Å². The van der Waals surface area contributed by atoms with Crippen molar-refractivity contribution in [2.75, 3.05) is 0 Å². The highest BCUT2D eigenvalue weighted by molar-refractivity contribution is 9.10. The van der Waals surface area contributed by atoms with Crippen LogP contribution in [0.25, 0.3) is 11.5 Å². The highest BCUT2D eigenvalue weighted by Crippen LogP contribution is 2.29. The van der Waals surface area contributed by atoms with Gasteiger partial charge in [-0.3, -0.25) is 0 Å². The zero-order valence-electron chi connectivity index (χ0n) is 7.44. The number of aliphatic hydroxyl groups excluding tert-OH is 1. The second kappa shape index (κ2) is 4.30. The number of rotatable bonds is 2. The van der Waals surface area contributed by atoms with E-state index in [1.807, 2.05) is 6.07 Å². The maximum absolute atomic E-state index is 8.79. The molecule has 1 aromatic heterocycles. The highest BCUT2D eigenvalue weighted by atomic mass is 79.9. The molecule has 0 aliphatic heterocycles. The zero-order valence-corrected chi connectivity index (χ0v) is 9.79. The molecule has 2 aromatic rings. The summed E-state index contributed by atoms with van der Waals surface area (Å²) < 4.78 is 5.81. The normalized spacial score (nSPS) is 10.6. The van der Waals surface area contributed by atoms with E-state index in [0.29, 0.717) is 16.5 Å². The number of benzene rings is 1. The van der Waals surface area contributed by atoms with Crippen LogP contribution in [0.2, 0.25) is 5.02 Å². The Morgan fingerprint density at radius 2 is 2.27 bits per heavy atom. The van der Waals surface area contributed by atoms with E-state index in [-0.39, 0.29) is 12.4 Å². The standard InChI is InChI=1S/C9H6BrClN2O2/c10-5-1-2-6(7(11)3-5)9-12-8(4-14)13-15-9/h1-3,14H,4H2. The molecule has 6 heteroatoms. The molecule has 1 N–H and O–H groups in total. The monoisotopic (exact) mass is 288 g/mol. The Balaban J connectivity index is 2.44. The number of hydrogen-bond acceptors (Lipinski definition) is 4. The molecule has 78 valence electrons. The van der Waals surface area contributed by atoms with Crippen LogP contribution < -0.4 is 0 Å². The Morgan fingerprint density at radius 1 is 1.47 bits per heavy atom. The quantitative estimate of drug-likeness (QED) is 0.923. The molecule has 0 radical (unpaired) electrons. The molecule has 0 saturated carbocycles. The summed E-state index contributed by atoms with van der Waals surface area (Å²) in [6.07, 6.45) is 0. The van der Waals surface area contributed by atoms with Gasteiger partial charge in [-0.15, -0.1) is 0 Å². The van der Waals surface area contributed by atoms with Crippen LogP contribution in [0.3, 0.4) is 0 Å². The number of halogens is 2. The molecule has 0 fully saturated rings. The lowest BCUT2D eigenvalue weighted by Gasteiger charge is -1.98. The third-order valence-corrected chi connectivity index (χ3v) is 2.58. The molecule has 0 unspecified atom stereocenters. The fourth-order valence-electron chi connectivity index (χ4n) is 1.09. The van der Waals surface area contributed by atoms with E-state index in [2.05, 4.69) is 26.1 Å². The first-order chi connectivity index (χ1) is 7.20. The first-order valence-electron chi connectivity index (χ1n) is 4.09. The number of aromatic nitrogens is 2. The lowest BCUT2D eigenvalue weighted by atomic mass is 10.2. The van der Waals surface area contributed by atoms with Crippen molar-refractivity contribution in [2.45, 2.75) is 6.61 Å². The summed E-state index contributed by atoms with van der Waals surface area (Å²) >= 11 is 9.29. The van der Waals surface area contributed by atoms with Gasteiger partial charge >= 0.3 is 0 Å². The van der Waals surface area contributed by atoms with Gasteiger partial charge in [0.2, 0.25) is 0 Å². The van der Waals surface area contributed by atoms with Gasteiger partial charge in [-0.2, -0.15) is 4.98 Å². The van der Waals surface area contributed by atoms with Crippen molar-refractivity contribution in [3.05, 3.63) is 33.5 Å². The molecule has 0 aliphatic rings. The van der Waals surface area contributed by atoms with E-state index in [1.54, 1.807) is 12.1 Å². The molecule has 2 rings (SSSR count). The van der Waals surface area contributed by atoms with E-state index in [1.165, 1.54) is 0 Å². The van der Waals surface area contributed by atoms with Gasteiger partial charge in [-0.1, -0.05) is 32.7 Å². The molecule has 1 aromatic carbocycles. The summed E-state index contributed by atoms with van der Waals surface area (Å²) in [7, 11) is 0.